The average Bonchev–Trinajstić information content (AvgIpc) is 2.94. The van der Waals surface area contributed by atoms with Crippen LogP contribution in [-0.4, -0.2) is 12.0 Å². The van der Waals surface area contributed by atoms with Crippen LogP contribution in [0.2, 0.25) is 0 Å². The van der Waals surface area contributed by atoms with E-state index in [1.807, 2.05) is 18.2 Å². The first-order valence-electron chi connectivity index (χ1n) is 6.26. The molecule has 1 aliphatic heterocycles. The fourth-order valence-corrected chi connectivity index (χ4v) is 3.13. The Kier molecular flexibility index (Phi) is 2.53. The zero-order valence-corrected chi connectivity index (χ0v) is 10.0. The van der Waals surface area contributed by atoms with E-state index in [9.17, 15) is 9.59 Å². The van der Waals surface area contributed by atoms with Gasteiger partial charge in [-0.2, -0.15) is 4.99 Å². The quantitative estimate of drug-likeness (QED) is 0.639. The number of nitrogens with one attached hydrogen (secondary N) is 1. The van der Waals surface area contributed by atoms with E-state index in [0.717, 1.165) is 42.5 Å². The van der Waals surface area contributed by atoms with Crippen molar-refractivity contribution in [2.24, 2.45) is 4.99 Å². The van der Waals surface area contributed by atoms with Crippen LogP contribution in [0.3, 0.4) is 0 Å². The highest BCUT2D eigenvalue weighted by Crippen LogP contribution is 2.46. The molecule has 92 valence electrons. The van der Waals surface area contributed by atoms with Gasteiger partial charge in [0.1, 0.15) is 5.54 Å². The van der Waals surface area contributed by atoms with E-state index in [0.29, 0.717) is 6.42 Å². The second-order valence-corrected chi connectivity index (χ2v) is 5.01. The van der Waals surface area contributed by atoms with Crippen molar-refractivity contribution < 1.29 is 9.59 Å². The zero-order valence-electron chi connectivity index (χ0n) is 10.0. The molecule has 1 amide bonds. The van der Waals surface area contributed by atoms with Crippen molar-refractivity contribution in [1.29, 1.82) is 0 Å². The number of carbonyl (C=O) groups is 1. The molecule has 3 rings (SSSR count). The van der Waals surface area contributed by atoms with E-state index < -0.39 is 5.54 Å². The molecule has 0 aromatic heterocycles. The van der Waals surface area contributed by atoms with Gasteiger partial charge in [-0.05, 0) is 18.4 Å². The number of para-hydroxylation sites is 1. The molecule has 1 aliphatic carbocycles. The topological polar surface area (TPSA) is 58.5 Å². The van der Waals surface area contributed by atoms with E-state index in [2.05, 4.69) is 10.3 Å². The maximum Gasteiger partial charge on any atom is 0.235 e. The SMILES string of the molecule is O=C=NC1(c2cccc3c2NC(=O)C3)CCCC1. The first-order chi connectivity index (χ1) is 8.75. The fraction of sp³-hybridized carbons (Fsp3) is 0.429. The van der Waals surface area contributed by atoms with Gasteiger partial charge in [0.2, 0.25) is 12.0 Å². The summed E-state index contributed by atoms with van der Waals surface area (Å²) in [7, 11) is 0. The van der Waals surface area contributed by atoms with Gasteiger partial charge < -0.3 is 5.32 Å². The highest BCUT2D eigenvalue weighted by Gasteiger charge is 2.39. The van der Waals surface area contributed by atoms with E-state index in [1.165, 1.54) is 0 Å². The van der Waals surface area contributed by atoms with Crippen molar-refractivity contribution in [2.75, 3.05) is 5.32 Å². The lowest BCUT2D eigenvalue weighted by molar-refractivity contribution is -0.115. The highest BCUT2D eigenvalue weighted by molar-refractivity contribution is 6.00. The Hall–Kier alpha value is -1.93. The number of fused-ring (bicyclic) bond motifs is 1. The Labute approximate surface area is 105 Å². The molecule has 1 aromatic carbocycles. The van der Waals surface area contributed by atoms with Crippen LogP contribution < -0.4 is 5.32 Å². The summed E-state index contributed by atoms with van der Waals surface area (Å²) in [4.78, 5) is 26.3. The molecule has 1 heterocycles. The van der Waals surface area contributed by atoms with Gasteiger partial charge in [-0.25, -0.2) is 4.79 Å². The molecule has 18 heavy (non-hydrogen) atoms. The van der Waals surface area contributed by atoms with Crippen LogP contribution in [0, 0.1) is 0 Å². The Morgan fingerprint density at radius 2 is 2.06 bits per heavy atom. The van der Waals surface area contributed by atoms with Crippen LogP contribution >= 0.6 is 0 Å². The number of rotatable bonds is 2. The Bertz CT molecular complexity index is 553. The van der Waals surface area contributed by atoms with Gasteiger partial charge in [-0.1, -0.05) is 31.0 Å². The van der Waals surface area contributed by atoms with Crippen LogP contribution in [0.4, 0.5) is 5.69 Å². The minimum Gasteiger partial charge on any atom is -0.325 e. The monoisotopic (exact) mass is 242 g/mol. The summed E-state index contributed by atoms with van der Waals surface area (Å²) >= 11 is 0. The molecule has 0 bridgehead atoms. The van der Waals surface area contributed by atoms with Crippen molar-refractivity contribution in [2.45, 2.75) is 37.6 Å². The number of carbonyl (C=O) groups excluding carboxylic acids is 2. The fourth-order valence-electron chi connectivity index (χ4n) is 3.13. The summed E-state index contributed by atoms with van der Waals surface area (Å²) in [6.07, 6.45) is 5.96. The number of anilines is 1. The molecule has 4 nitrogen and oxygen atoms in total. The van der Waals surface area contributed by atoms with E-state index in [-0.39, 0.29) is 5.91 Å². The molecule has 4 heteroatoms. The van der Waals surface area contributed by atoms with Gasteiger partial charge in [0.05, 0.1) is 12.1 Å². The van der Waals surface area contributed by atoms with Crippen LogP contribution in [0.25, 0.3) is 0 Å². The summed E-state index contributed by atoms with van der Waals surface area (Å²) in [6, 6.07) is 5.86. The first-order valence-corrected chi connectivity index (χ1v) is 6.26. The molecule has 0 radical (unpaired) electrons. The van der Waals surface area contributed by atoms with Crippen molar-refractivity contribution in [3.05, 3.63) is 29.3 Å². The first kappa shape index (κ1) is 11.2. The molecule has 0 saturated heterocycles. The van der Waals surface area contributed by atoms with Gasteiger partial charge in [-0.15, -0.1) is 0 Å². The lowest BCUT2D eigenvalue weighted by Gasteiger charge is -2.25. The van der Waals surface area contributed by atoms with E-state index in [1.54, 1.807) is 6.08 Å². The number of benzene rings is 1. The summed E-state index contributed by atoms with van der Waals surface area (Å²) in [5.41, 5.74) is 2.38. The third-order valence-electron chi connectivity index (χ3n) is 3.96. The molecule has 0 unspecified atom stereocenters. The smallest absolute Gasteiger partial charge is 0.235 e. The van der Waals surface area contributed by atoms with Crippen molar-refractivity contribution in [3.8, 4) is 0 Å². The maximum atomic E-state index is 11.5. The summed E-state index contributed by atoms with van der Waals surface area (Å²) in [5.74, 6) is 0.0145. The molecule has 0 spiro atoms. The number of hydrogen-bond donors (Lipinski definition) is 1. The minimum atomic E-state index is -0.468. The van der Waals surface area contributed by atoms with Crippen LogP contribution in [0.15, 0.2) is 23.2 Å². The zero-order chi connectivity index (χ0) is 12.6. The van der Waals surface area contributed by atoms with Gasteiger partial charge in [0, 0.05) is 5.56 Å². The third kappa shape index (κ3) is 1.57. The van der Waals surface area contributed by atoms with Gasteiger partial charge in [0.25, 0.3) is 0 Å². The normalized spacial score (nSPS) is 20.1. The summed E-state index contributed by atoms with van der Waals surface area (Å²) in [5, 5.41) is 2.90. The summed E-state index contributed by atoms with van der Waals surface area (Å²) < 4.78 is 0. The lowest BCUT2D eigenvalue weighted by Crippen LogP contribution is -2.20. The predicted molar refractivity (Wildman–Crippen MR) is 67.0 cm³/mol. The van der Waals surface area contributed by atoms with E-state index >= 15 is 0 Å². The molecule has 1 fully saturated rings. The Morgan fingerprint density at radius 1 is 1.28 bits per heavy atom. The molecule has 1 N–H and O–H groups in total. The largest absolute Gasteiger partial charge is 0.325 e. The Balaban J connectivity index is 2.15. The molecule has 0 atom stereocenters. The average molecular weight is 242 g/mol. The van der Waals surface area contributed by atoms with Crippen molar-refractivity contribution >= 4 is 17.7 Å². The molecule has 1 saturated carbocycles. The van der Waals surface area contributed by atoms with Crippen LogP contribution in [0.5, 0.6) is 0 Å². The van der Waals surface area contributed by atoms with Crippen LogP contribution in [0.1, 0.15) is 36.8 Å². The third-order valence-corrected chi connectivity index (χ3v) is 3.96. The second kappa shape index (κ2) is 4.07. The number of aliphatic imine (C=N–C) groups is 1. The minimum absolute atomic E-state index is 0.0145. The number of hydrogen-bond acceptors (Lipinski definition) is 3. The van der Waals surface area contributed by atoms with E-state index in [4.69, 9.17) is 0 Å². The molecule has 2 aliphatic rings. The molecular weight excluding hydrogens is 228 g/mol. The van der Waals surface area contributed by atoms with Crippen LogP contribution in [-0.2, 0) is 21.5 Å². The second-order valence-electron chi connectivity index (χ2n) is 5.01. The maximum absolute atomic E-state index is 11.5. The van der Waals surface area contributed by atoms with Gasteiger partial charge >= 0.3 is 0 Å². The standard InChI is InChI=1S/C14H14N2O2/c17-9-15-14(6-1-2-7-14)11-5-3-4-10-8-12(18)16-13(10)11/h3-5H,1-2,6-8H2,(H,16,18). The lowest BCUT2D eigenvalue weighted by atomic mass is 9.86. The van der Waals surface area contributed by atoms with Gasteiger partial charge in [0.15, 0.2) is 0 Å². The summed E-state index contributed by atoms with van der Waals surface area (Å²) in [6.45, 7) is 0. The number of nitrogens with zero attached hydrogens (tertiary/aromatic N) is 1. The molecule has 1 aromatic rings. The Morgan fingerprint density at radius 3 is 2.78 bits per heavy atom. The molecular formula is C14H14N2O2. The predicted octanol–water partition coefficient (Wildman–Crippen LogP) is 2.29. The van der Waals surface area contributed by atoms with Gasteiger partial charge in [-0.3, -0.25) is 4.79 Å². The highest BCUT2D eigenvalue weighted by atomic mass is 16.1. The van der Waals surface area contributed by atoms with Crippen molar-refractivity contribution in [3.63, 3.8) is 0 Å². The number of amides is 1. The number of isocyanates is 1. The van der Waals surface area contributed by atoms with Crippen molar-refractivity contribution in [1.82, 2.24) is 0 Å².